The minimum atomic E-state index is -0.779. The van der Waals surface area contributed by atoms with Crippen molar-refractivity contribution in [1.29, 1.82) is 0 Å². The third-order valence-corrected chi connectivity index (χ3v) is 3.74. The van der Waals surface area contributed by atoms with Gasteiger partial charge in [-0.25, -0.2) is 13.8 Å². The fourth-order valence-electron chi connectivity index (χ4n) is 1.84. The van der Waals surface area contributed by atoms with Crippen molar-refractivity contribution < 1.29 is 18.0 Å². The van der Waals surface area contributed by atoms with E-state index in [-0.39, 0.29) is 12.1 Å². The molecule has 1 amide bonds. The molecule has 2 heterocycles. The zero-order valence-electron chi connectivity index (χ0n) is 11.2. The van der Waals surface area contributed by atoms with Gasteiger partial charge in [-0.2, -0.15) is 0 Å². The molecule has 0 spiro atoms. The first-order chi connectivity index (χ1) is 10.6. The Hall–Kier alpha value is -2.54. The van der Waals surface area contributed by atoms with Gasteiger partial charge in [-0.1, -0.05) is 6.07 Å². The Balaban J connectivity index is 1.67. The fraction of sp³-hybridized carbons (Fsp3) is 0.0667. The number of benzene rings is 1. The van der Waals surface area contributed by atoms with Crippen LogP contribution < -0.4 is 5.32 Å². The van der Waals surface area contributed by atoms with Crippen molar-refractivity contribution in [2.75, 3.05) is 0 Å². The van der Waals surface area contributed by atoms with Crippen LogP contribution in [0.25, 0.3) is 10.8 Å². The molecule has 1 aromatic carbocycles. The van der Waals surface area contributed by atoms with Crippen LogP contribution in [0.4, 0.5) is 8.78 Å². The van der Waals surface area contributed by atoms with E-state index in [0.29, 0.717) is 11.6 Å². The van der Waals surface area contributed by atoms with Crippen LogP contribution in [0.2, 0.25) is 0 Å². The van der Waals surface area contributed by atoms with Gasteiger partial charge in [0.1, 0.15) is 17.9 Å². The molecule has 0 aliphatic rings. The molecule has 0 aliphatic carbocycles. The number of halogens is 2. The topological polar surface area (TPSA) is 55.1 Å². The van der Waals surface area contributed by atoms with E-state index in [1.54, 1.807) is 0 Å². The minimum absolute atomic E-state index is 0.0592. The number of carbonyl (C=O) groups excluding carboxylic acids is 1. The van der Waals surface area contributed by atoms with Gasteiger partial charge in [0, 0.05) is 0 Å². The Kier molecular flexibility index (Phi) is 3.97. The average molecular weight is 320 g/mol. The third-order valence-electron chi connectivity index (χ3n) is 2.89. The van der Waals surface area contributed by atoms with Gasteiger partial charge in [0.2, 0.25) is 5.89 Å². The molecule has 3 rings (SSSR count). The molecular formula is C15H10F2N2O2S. The molecule has 112 valence electrons. The zero-order chi connectivity index (χ0) is 15.5. The molecule has 22 heavy (non-hydrogen) atoms. The number of rotatable bonds is 4. The highest BCUT2D eigenvalue weighted by Crippen LogP contribution is 2.23. The van der Waals surface area contributed by atoms with Crippen LogP contribution in [0, 0.1) is 11.6 Å². The quantitative estimate of drug-likeness (QED) is 0.799. The summed E-state index contributed by atoms with van der Waals surface area (Å²) in [5.74, 6) is -1.71. The first-order valence-electron chi connectivity index (χ1n) is 6.35. The maximum atomic E-state index is 13.5. The van der Waals surface area contributed by atoms with Crippen LogP contribution in [0.15, 0.2) is 46.4 Å². The lowest BCUT2D eigenvalue weighted by Crippen LogP contribution is -2.24. The van der Waals surface area contributed by atoms with Crippen molar-refractivity contribution in [1.82, 2.24) is 10.3 Å². The van der Waals surface area contributed by atoms with E-state index >= 15 is 0 Å². The van der Waals surface area contributed by atoms with Crippen molar-refractivity contribution in [3.8, 4) is 10.8 Å². The van der Waals surface area contributed by atoms with Gasteiger partial charge in [0.15, 0.2) is 0 Å². The minimum Gasteiger partial charge on any atom is -0.443 e. The second-order valence-corrected chi connectivity index (χ2v) is 5.38. The SMILES string of the molecule is O=C(NCc1coc(-c2cccs2)n1)c1cc(F)ccc1F. The highest BCUT2D eigenvalue weighted by atomic mass is 32.1. The molecule has 2 aromatic heterocycles. The fourth-order valence-corrected chi connectivity index (χ4v) is 2.49. The van der Waals surface area contributed by atoms with Crippen LogP contribution in [-0.4, -0.2) is 10.9 Å². The van der Waals surface area contributed by atoms with Crippen molar-refractivity contribution in [3.05, 3.63) is 64.9 Å². The first kappa shape index (κ1) is 14.4. The van der Waals surface area contributed by atoms with E-state index in [4.69, 9.17) is 4.42 Å². The van der Waals surface area contributed by atoms with E-state index < -0.39 is 17.5 Å². The number of carbonyl (C=O) groups is 1. The third kappa shape index (κ3) is 3.04. The average Bonchev–Trinajstić information content (AvgIpc) is 3.17. The second kappa shape index (κ2) is 6.07. The smallest absolute Gasteiger partial charge is 0.254 e. The summed E-state index contributed by atoms with van der Waals surface area (Å²) < 4.78 is 31.8. The molecule has 0 atom stereocenters. The maximum Gasteiger partial charge on any atom is 0.254 e. The summed E-state index contributed by atoms with van der Waals surface area (Å²) in [4.78, 5) is 16.9. The molecule has 1 N–H and O–H groups in total. The molecule has 0 saturated heterocycles. The summed E-state index contributed by atoms with van der Waals surface area (Å²) >= 11 is 1.48. The van der Waals surface area contributed by atoms with Crippen LogP contribution in [0.1, 0.15) is 16.1 Å². The van der Waals surface area contributed by atoms with E-state index in [9.17, 15) is 13.6 Å². The van der Waals surface area contributed by atoms with Gasteiger partial charge >= 0.3 is 0 Å². The standard InChI is InChI=1S/C15H10F2N2O2S/c16-9-3-4-12(17)11(6-9)14(20)18-7-10-8-21-15(19-10)13-2-1-5-22-13/h1-6,8H,7H2,(H,18,20). The number of nitrogens with zero attached hydrogens (tertiary/aromatic N) is 1. The van der Waals surface area contributed by atoms with Gasteiger partial charge in [0.25, 0.3) is 5.91 Å². The number of amides is 1. The lowest BCUT2D eigenvalue weighted by Gasteiger charge is -2.04. The molecule has 0 bridgehead atoms. The molecular weight excluding hydrogens is 310 g/mol. The van der Waals surface area contributed by atoms with Crippen LogP contribution in [0.5, 0.6) is 0 Å². The van der Waals surface area contributed by atoms with Gasteiger partial charge in [-0.3, -0.25) is 4.79 Å². The van der Waals surface area contributed by atoms with E-state index in [1.807, 2.05) is 17.5 Å². The molecule has 0 aliphatic heterocycles. The lowest BCUT2D eigenvalue weighted by molar-refractivity contribution is 0.0946. The van der Waals surface area contributed by atoms with Crippen molar-refractivity contribution in [2.45, 2.75) is 6.54 Å². The summed E-state index contributed by atoms with van der Waals surface area (Å²) in [6.07, 6.45) is 1.41. The Morgan fingerprint density at radius 3 is 2.95 bits per heavy atom. The summed E-state index contributed by atoms with van der Waals surface area (Å²) in [7, 11) is 0. The second-order valence-electron chi connectivity index (χ2n) is 4.43. The summed E-state index contributed by atoms with van der Waals surface area (Å²) in [5, 5.41) is 4.37. The summed E-state index contributed by atoms with van der Waals surface area (Å²) in [6, 6.07) is 6.45. The predicted octanol–water partition coefficient (Wildman–Crippen LogP) is 3.61. The number of hydrogen-bond donors (Lipinski definition) is 1. The predicted molar refractivity (Wildman–Crippen MR) is 77.3 cm³/mol. The van der Waals surface area contributed by atoms with Gasteiger partial charge in [-0.15, -0.1) is 11.3 Å². The number of aromatic nitrogens is 1. The number of thiophene rings is 1. The molecule has 0 fully saturated rings. The van der Waals surface area contributed by atoms with Crippen LogP contribution >= 0.6 is 11.3 Å². The van der Waals surface area contributed by atoms with Crippen molar-refractivity contribution in [3.63, 3.8) is 0 Å². The molecule has 4 nitrogen and oxygen atoms in total. The van der Waals surface area contributed by atoms with Crippen LogP contribution in [0.3, 0.4) is 0 Å². The Labute approximate surface area is 128 Å². The zero-order valence-corrected chi connectivity index (χ0v) is 12.0. The molecule has 7 heteroatoms. The summed E-state index contributed by atoms with van der Waals surface area (Å²) in [6.45, 7) is 0.0592. The van der Waals surface area contributed by atoms with E-state index in [2.05, 4.69) is 10.3 Å². The van der Waals surface area contributed by atoms with E-state index in [1.165, 1.54) is 17.6 Å². The highest BCUT2D eigenvalue weighted by Gasteiger charge is 2.14. The molecule has 3 aromatic rings. The number of hydrogen-bond acceptors (Lipinski definition) is 4. The number of oxazole rings is 1. The lowest BCUT2D eigenvalue weighted by atomic mass is 10.2. The Morgan fingerprint density at radius 2 is 2.18 bits per heavy atom. The first-order valence-corrected chi connectivity index (χ1v) is 7.23. The Bertz CT molecular complexity index is 800. The normalized spacial score (nSPS) is 10.6. The largest absolute Gasteiger partial charge is 0.443 e. The number of nitrogens with one attached hydrogen (secondary N) is 1. The molecule has 0 unspecified atom stereocenters. The molecule has 0 saturated carbocycles. The van der Waals surface area contributed by atoms with Gasteiger partial charge in [0.05, 0.1) is 22.7 Å². The van der Waals surface area contributed by atoms with Gasteiger partial charge in [-0.05, 0) is 29.6 Å². The maximum absolute atomic E-state index is 13.5. The van der Waals surface area contributed by atoms with Crippen LogP contribution in [-0.2, 0) is 6.54 Å². The monoisotopic (exact) mass is 320 g/mol. The van der Waals surface area contributed by atoms with E-state index in [0.717, 1.165) is 23.1 Å². The van der Waals surface area contributed by atoms with Gasteiger partial charge < -0.3 is 9.73 Å². The summed E-state index contributed by atoms with van der Waals surface area (Å²) in [5.41, 5.74) is 0.149. The molecule has 0 radical (unpaired) electrons. The van der Waals surface area contributed by atoms with Crippen molar-refractivity contribution >= 4 is 17.2 Å². The Morgan fingerprint density at radius 1 is 1.32 bits per heavy atom. The highest BCUT2D eigenvalue weighted by molar-refractivity contribution is 7.13. The van der Waals surface area contributed by atoms with Crippen molar-refractivity contribution in [2.24, 2.45) is 0 Å².